The van der Waals surface area contributed by atoms with Crippen molar-refractivity contribution in [2.24, 2.45) is 5.92 Å². The summed E-state index contributed by atoms with van der Waals surface area (Å²) in [7, 11) is 0. The number of hydrogen-bond acceptors (Lipinski definition) is 2. The topological polar surface area (TPSA) is 12.5 Å². The molecule has 0 spiro atoms. The lowest BCUT2D eigenvalue weighted by atomic mass is 9.68. The van der Waals surface area contributed by atoms with Crippen LogP contribution in [0.1, 0.15) is 52.4 Å². The molecule has 3 aliphatic carbocycles. The average Bonchev–Trinajstić information content (AvgIpc) is 2.52. The molecule has 0 amide bonds. The molecule has 3 fully saturated rings. The Morgan fingerprint density at radius 1 is 1.00 bits per heavy atom. The lowest BCUT2D eigenvalue weighted by Gasteiger charge is -2.46. The van der Waals surface area contributed by atoms with Gasteiger partial charge in [-0.1, -0.05) is 0 Å². The van der Waals surface area contributed by atoms with Gasteiger partial charge in [-0.15, -0.1) is 12.4 Å². The summed E-state index contributed by atoms with van der Waals surface area (Å²) in [5.74, 6) is 2.05. The molecule has 3 heteroatoms. The van der Waals surface area contributed by atoms with Crippen molar-refractivity contribution < 1.29 is 4.74 Å². The first-order valence-corrected chi connectivity index (χ1v) is 8.29. The molecular weight excluding hydrogens is 282 g/mol. The summed E-state index contributed by atoms with van der Waals surface area (Å²) in [6.45, 7) is 6.52. The van der Waals surface area contributed by atoms with Crippen molar-refractivity contribution in [2.45, 2.75) is 58.0 Å². The zero-order chi connectivity index (χ0) is 14.0. The number of fused-ring (bicyclic) bond motifs is 3. The Balaban J connectivity index is 0.00000161. The summed E-state index contributed by atoms with van der Waals surface area (Å²) in [5, 5.41) is 0. The number of ether oxygens (including phenoxy) is 1. The maximum atomic E-state index is 6.41. The Hall–Kier alpha value is -0.890. The van der Waals surface area contributed by atoms with E-state index in [9.17, 15) is 0 Å². The molecule has 4 rings (SSSR count). The van der Waals surface area contributed by atoms with Gasteiger partial charge >= 0.3 is 0 Å². The number of nitrogens with zero attached hydrogens (tertiary/aromatic N) is 1. The van der Waals surface area contributed by atoms with Gasteiger partial charge in [-0.05, 0) is 82.6 Å². The van der Waals surface area contributed by atoms with Crippen LogP contribution in [0, 0.1) is 5.92 Å². The molecule has 0 heterocycles. The van der Waals surface area contributed by atoms with Crippen LogP contribution in [0.25, 0.3) is 0 Å². The highest BCUT2D eigenvalue weighted by atomic mass is 35.5. The van der Waals surface area contributed by atoms with Crippen molar-refractivity contribution in [3.05, 3.63) is 24.3 Å². The molecular formula is C18H28ClNO. The number of benzene rings is 1. The van der Waals surface area contributed by atoms with Crippen molar-refractivity contribution in [1.82, 2.24) is 0 Å². The molecule has 1 aromatic rings. The minimum atomic E-state index is 0. The van der Waals surface area contributed by atoms with Crippen LogP contribution in [0.2, 0.25) is 0 Å². The van der Waals surface area contributed by atoms with E-state index in [-0.39, 0.29) is 18.0 Å². The van der Waals surface area contributed by atoms with Crippen LogP contribution in [-0.2, 0) is 0 Å². The smallest absolute Gasteiger partial charge is 0.120 e. The van der Waals surface area contributed by atoms with Crippen LogP contribution in [0.4, 0.5) is 5.69 Å². The van der Waals surface area contributed by atoms with Crippen molar-refractivity contribution in [1.29, 1.82) is 0 Å². The highest BCUT2D eigenvalue weighted by molar-refractivity contribution is 5.85. The fourth-order valence-corrected chi connectivity index (χ4v) is 3.93. The molecule has 0 N–H and O–H groups in total. The quantitative estimate of drug-likeness (QED) is 0.754. The fourth-order valence-electron chi connectivity index (χ4n) is 3.93. The fraction of sp³-hybridized carbons (Fsp3) is 0.667. The number of hydrogen-bond donors (Lipinski definition) is 0. The first kappa shape index (κ1) is 16.5. The Bertz CT molecular complexity index is 419. The molecule has 0 aromatic heterocycles. The number of rotatable bonds is 5. The standard InChI is InChI=1S/C18H27NO.ClH/c1-3-19(4-2)16-5-7-17(8-6-16)20-18-12-9-15(10-13-18)11-14-18;/h5-8,15H,3-4,9-14H2,1-2H3;1H. The SMILES string of the molecule is CCN(CC)c1ccc(OC23CCC(CC2)CC3)cc1.Cl. The predicted molar refractivity (Wildman–Crippen MR) is 91.8 cm³/mol. The Kier molecular flexibility index (Phi) is 5.43. The van der Waals surface area contributed by atoms with Crippen molar-refractivity contribution >= 4 is 18.1 Å². The summed E-state index contributed by atoms with van der Waals surface area (Å²) in [6.07, 6.45) is 7.90. The van der Waals surface area contributed by atoms with Gasteiger partial charge in [-0.3, -0.25) is 0 Å². The van der Waals surface area contributed by atoms with E-state index >= 15 is 0 Å². The van der Waals surface area contributed by atoms with E-state index in [4.69, 9.17) is 4.74 Å². The second kappa shape index (κ2) is 6.91. The van der Waals surface area contributed by atoms with Gasteiger partial charge < -0.3 is 9.64 Å². The second-order valence-corrected chi connectivity index (χ2v) is 6.43. The Labute approximate surface area is 135 Å². The van der Waals surface area contributed by atoms with Crippen molar-refractivity contribution in [2.75, 3.05) is 18.0 Å². The van der Waals surface area contributed by atoms with E-state index in [1.165, 1.54) is 44.2 Å². The zero-order valence-corrected chi connectivity index (χ0v) is 14.1. The molecule has 1 aromatic carbocycles. The lowest BCUT2D eigenvalue weighted by molar-refractivity contribution is -0.0323. The van der Waals surface area contributed by atoms with E-state index in [2.05, 4.69) is 43.0 Å². The molecule has 2 nitrogen and oxygen atoms in total. The van der Waals surface area contributed by atoms with E-state index in [1.54, 1.807) is 0 Å². The Morgan fingerprint density at radius 2 is 1.52 bits per heavy atom. The summed E-state index contributed by atoms with van der Waals surface area (Å²) in [6, 6.07) is 8.72. The third kappa shape index (κ3) is 3.48. The molecule has 21 heavy (non-hydrogen) atoms. The molecule has 2 bridgehead atoms. The molecule has 0 aliphatic heterocycles. The van der Waals surface area contributed by atoms with Gasteiger partial charge in [0.2, 0.25) is 0 Å². The van der Waals surface area contributed by atoms with Crippen molar-refractivity contribution in [3.63, 3.8) is 0 Å². The molecule has 3 aliphatic rings. The van der Waals surface area contributed by atoms with E-state index < -0.39 is 0 Å². The molecule has 0 saturated heterocycles. The van der Waals surface area contributed by atoms with Crippen LogP contribution >= 0.6 is 12.4 Å². The van der Waals surface area contributed by atoms with Gasteiger partial charge in [0.1, 0.15) is 11.4 Å². The van der Waals surface area contributed by atoms with Crippen LogP contribution in [0.5, 0.6) is 5.75 Å². The van der Waals surface area contributed by atoms with Crippen molar-refractivity contribution in [3.8, 4) is 5.75 Å². The third-order valence-corrected chi connectivity index (χ3v) is 5.32. The monoisotopic (exact) mass is 309 g/mol. The Morgan fingerprint density at radius 3 is 2.00 bits per heavy atom. The second-order valence-electron chi connectivity index (χ2n) is 6.43. The number of anilines is 1. The third-order valence-electron chi connectivity index (χ3n) is 5.32. The minimum absolute atomic E-state index is 0. The van der Waals surface area contributed by atoms with E-state index in [0.29, 0.717) is 0 Å². The van der Waals surface area contributed by atoms with Gasteiger partial charge in [-0.2, -0.15) is 0 Å². The largest absolute Gasteiger partial charge is 0.487 e. The molecule has 0 unspecified atom stereocenters. The van der Waals surface area contributed by atoms with Gasteiger partial charge in [0.05, 0.1) is 0 Å². The maximum absolute atomic E-state index is 6.41. The van der Waals surface area contributed by atoms with Crippen LogP contribution in [-0.4, -0.2) is 18.7 Å². The molecule has 0 radical (unpaired) electrons. The zero-order valence-electron chi connectivity index (χ0n) is 13.3. The van der Waals surface area contributed by atoms with Crippen LogP contribution < -0.4 is 9.64 Å². The van der Waals surface area contributed by atoms with Gasteiger partial charge in [0.25, 0.3) is 0 Å². The number of halogens is 1. The first-order chi connectivity index (χ1) is 9.74. The first-order valence-electron chi connectivity index (χ1n) is 8.29. The van der Waals surface area contributed by atoms with Crippen LogP contribution in [0.15, 0.2) is 24.3 Å². The van der Waals surface area contributed by atoms with E-state index in [1.807, 2.05) is 0 Å². The summed E-state index contributed by atoms with van der Waals surface area (Å²) in [4.78, 5) is 2.37. The maximum Gasteiger partial charge on any atom is 0.120 e. The summed E-state index contributed by atoms with van der Waals surface area (Å²) >= 11 is 0. The summed E-state index contributed by atoms with van der Waals surface area (Å²) in [5.41, 5.74) is 1.46. The highest BCUT2D eigenvalue weighted by Gasteiger charge is 2.42. The predicted octanol–water partition coefficient (Wildman–Crippen LogP) is 5.06. The summed E-state index contributed by atoms with van der Waals surface area (Å²) < 4.78 is 6.41. The van der Waals surface area contributed by atoms with E-state index in [0.717, 1.165) is 24.8 Å². The normalized spacial score (nSPS) is 27.0. The van der Waals surface area contributed by atoms with Crippen LogP contribution in [0.3, 0.4) is 0 Å². The van der Waals surface area contributed by atoms with Gasteiger partial charge in [0, 0.05) is 18.8 Å². The highest BCUT2D eigenvalue weighted by Crippen LogP contribution is 2.46. The minimum Gasteiger partial charge on any atom is -0.487 e. The average molecular weight is 310 g/mol. The molecule has 118 valence electrons. The lowest BCUT2D eigenvalue weighted by Crippen LogP contribution is -2.44. The molecule has 3 saturated carbocycles. The van der Waals surface area contributed by atoms with Gasteiger partial charge in [-0.25, -0.2) is 0 Å². The molecule has 0 atom stereocenters. The van der Waals surface area contributed by atoms with Gasteiger partial charge in [0.15, 0.2) is 0 Å².